The fourth-order valence-corrected chi connectivity index (χ4v) is 3.01. The molecule has 2 aromatic carbocycles. The fourth-order valence-electron chi connectivity index (χ4n) is 3.01. The molecule has 0 aliphatic heterocycles. The third kappa shape index (κ3) is 3.96. The Kier molecular flexibility index (Phi) is 5.73. The van der Waals surface area contributed by atoms with E-state index in [1.807, 2.05) is 49.4 Å². The van der Waals surface area contributed by atoms with Crippen LogP contribution in [0.5, 0.6) is 5.75 Å². The first kappa shape index (κ1) is 17.8. The lowest BCUT2D eigenvalue weighted by molar-refractivity contribution is 0.409. The van der Waals surface area contributed by atoms with Crippen molar-refractivity contribution in [2.24, 2.45) is 4.99 Å². The van der Waals surface area contributed by atoms with Crippen LogP contribution in [0.2, 0.25) is 0 Å². The number of hydrogen-bond acceptors (Lipinski definition) is 3. The van der Waals surface area contributed by atoms with Gasteiger partial charge in [0.05, 0.1) is 18.1 Å². The van der Waals surface area contributed by atoms with Crippen molar-refractivity contribution in [1.82, 2.24) is 20.2 Å². The molecule has 1 aromatic heterocycles. The molecule has 0 saturated heterocycles. The Morgan fingerprint density at radius 1 is 1.12 bits per heavy atom. The maximum atomic E-state index is 5.38. The summed E-state index contributed by atoms with van der Waals surface area (Å²) in [6, 6.07) is 16.2. The molecule has 0 fully saturated rings. The summed E-state index contributed by atoms with van der Waals surface area (Å²) < 4.78 is 7.60. The maximum absolute atomic E-state index is 5.38. The molecule has 0 aliphatic carbocycles. The molecule has 0 atom stereocenters. The van der Waals surface area contributed by atoms with E-state index >= 15 is 0 Å². The van der Waals surface area contributed by atoms with Crippen LogP contribution in [0.1, 0.15) is 11.4 Å². The molecule has 0 radical (unpaired) electrons. The van der Waals surface area contributed by atoms with Crippen molar-refractivity contribution in [2.45, 2.75) is 20.0 Å². The standard InChI is InChI=1S/C20H25N5O/c1-15-24-17-9-5-6-10-18(17)25(15)13-12-22-20(21-2)23-14-16-8-4-7-11-19(16)26-3/h4-11H,12-14H2,1-3H3,(H2,21,22,23). The van der Waals surface area contributed by atoms with Gasteiger partial charge in [-0.3, -0.25) is 4.99 Å². The van der Waals surface area contributed by atoms with Crippen LogP contribution >= 0.6 is 0 Å². The predicted octanol–water partition coefficient (Wildman–Crippen LogP) is 2.72. The van der Waals surface area contributed by atoms with Crippen LogP contribution in [0, 0.1) is 6.92 Å². The molecule has 3 aromatic rings. The van der Waals surface area contributed by atoms with E-state index in [0.717, 1.165) is 47.2 Å². The average molecular weight is 351 g/mol. The van der Waals surface area contributed by atoms with Crippen molar-refractivity contribution < 1.29 is 4.74 Å². The van der Waals surface area contributed by atoms with Gasteiger partial charge in [-0.15, -0.1) is 0 Å². The number of nitrogens with one attached hydrogen (secondary N) is 2. The molecule has 26 heavy (non-hydrogen) atoms. The summed E-state index contributed by atoms with van der Waals surface area (Å²) in [5, 5.41) is 6.68. The quantitative estimate of drug-likeness (QED) is 0.529. The Morgan fingerprint density at radius 3 is 2.69 bits per heavy atom. The molecule has 3 rings (SSSR count). The first-order valence-electron chi connectivity index (χ1n) is 8.71. The number of rotatable bonds is 6. The van der Waals surface area contributed by atoms with Gasteiger partial charge in [0.1, 0.15) is 11.6 Å². The molecule has 6 nitrogen and oxygen atoms in total. The Hall–Kier alpha value is -3.02. The molecule has 0 aliphatic rings. The number of nitrogens with zero attached hydrogens (tertiary/aromatic N) is 3. The van der Waals surface area contributed by atoms with Crippen LogP contribution in [0.4, 0.5) is 0 Å². The monoisotopic (exact) mass is 351 g/mol. The van der Waals surface area contributed by atoms with Gasteiger partial charge in [0.15, 0.2) is 5.96 Å². The van der Waals surface area contributed by atoms with Gasteiger partial charge in [-0.1, -0.05) is 30.3 Å². The van der Waals surface area contributed by atoms with Crippen LogP contribution in [0.15, 0.2) is 53.5 Å². The number of para-hydroxylation sites is 3. The molecule has 0 saturated carbocycles. The minimum absolute atomic E-state index is 0.650. The summed E-state index contributed by atoms with van der Waals surface area (Å²) >= 11 is 0. The Morgan fingerprint density at radius 2 is 1.88 bits per heavy atom. The second kappa shape index (κ2) is 8.38. The first-order chi connectivity index (χ1) is 12.7. The third-order valence-corrected chi connectivity index (χ3v) is 4.34. The Labute approximate surface area is 153 Å². The van der Waals surface area contributed by atoms with Crippen LogP contribution in [0.25, 0.3) is 11.0 Å². The zero-order chi connectivity index (χ0) is 18.4. The van der Waals surface area contributed by atoms with Crippen LogP contribution in [-0.2, 0) is 13.1 Å². The number of ether oxygens (including phenoxy) is 1. The van der Waals surface area contributed by atoms with Gasteiger partial charge in [-0.05, 0) is 25.1 Å². The van der Waals surface area contributed by atoms with E-state index in [1.54, 1.807) is 14.2 Å². The number of fused-ring (bicyclic) bond motifs is 1. The van der Waals surface area contributed by atoms with Gasteiger partial charge in [0.25, 0.3) is 0 Å². The molecule has 1 heterocycles. The summed E-state index contributed by atoms with van der Waals surface area (Å²) in [6.07, 6.45) is 0. The minimum Gasteiger partial charge on any atom is -0.496 e. The van der Waals surface area contributed by atoms with Crippen LogP contribution < -0.4 is 15.4 Å². The average Bonchev–Trinajstić information content (AvgIpc) is 3.00. The highest BCUT2D eigenvalue weighted by molar-refractivity contribution is 5.79. The molecule has 2 N–H and O–H groups in total. The van der Waals surface area contributed by atoms with Gasteiger partial charge in [-0.25, -0.2) is 4.98 Å². The van der Waals surface area contributed by atoms with Crippen LogP contribution in [0.3, 0.4) is 0 Å². The van der Waals surface area contributed by atoms with E-state index in [1.165, 1.54) is 0 Å². The van der Waals surface area contributed by atoms with Gasteiger partial charge in [0, 0.05) is 32.2 Å². The predicted molar refractivity (Wildman–Crippen MR) is 106 cm³/mol. The van der Waals surface area contributed by atoms with E-state index < -0.39 is 0 Å². The highest BCUT2D eigenvalue weighted by Gasteiger charge is 2.07. The van der Waals surface area contributed by atoms with Crippen molar-refractivity contribution in [2.75, 3.05) is 20.7 Å². The molecule has 0 unspecified atom stereocenters. The molecule has 6 heteroatoms. The van der Waals surface area contributed by atoms with E-state index in [4.69, 9.17) is 4.74 Å². The third-order valence-electron chi connectivity index (χ3n) is 4.34. The largest absolute Gasteiger partial charge is 0.496 e. The molecule has 0 amide bonds. The lowest BCUT2D eigenvalue weighted by Gasteiger charge is -2.14. The van der Waals surface area contributed by atoms with Crippen molar-refractivity contribution in [3.05, 3.63) is 59.9 Å². The Balaban J connectivity index is 1.57. The summed E-state index contributed by atoms with van der Waals surface area (Å²) in [7, 11) is 3.46. The van der Waals surface area contributed by atoms with Gasteiger partial charge < -0.3 is 19.9 Å². The maximum Gasteiger partial charge on any atom is 0.191 e. The molecule has 136 valence electrons. The van der Waals surface area contributed by atoms with Crippen molar-refractivity contribution in [3.8, 4) is 5.75 Å². The van der Waals surface area contributed by atoms with Gasteiger partial charge >= 0.3 is 0 Å². The minimum atomic E-state index is 0.650. The number of imidazole rings is 1. The van der Waals surface area contributed by atoms with Crippen molar-refractivity contribution in [1.29, 1.82) is 0 Å². The van der Waals surface area contributed by atoms with Gasteiger partial charge in [-0.2, -0.15) is 0 Å². The topological polar surface area (TPSA) is 63.5 Å². The first-order valence-corrected chi connectivity index (χ1v) is 8.71. The zero-order valence-corrected chi connectivity index (χ0v) is 15.5. The van der Waals surface area contributed by atoms with E-state index in [-0.39, 0.29) is 0 Å². The number of benzene rings is 2. The van der Waals surface area contributed by atoms with E-state index in [2.05, 4.69) is 31.2 Å². The summed E-state index contributed by atoms with van der Waals surface area (Å²) in [5.74, 6) is 2.65. The number of methoxy groups -OCH3 is 1. The summed E-state index contributed by atoms with van der Waals surface area (Å²) in [6.45, 7) is 4.26. The van der Waals surface area contributed by atoms with E-state index in [0.29, 0.717) is 6.54 Å². The number of hydrogen-bond donors (Lipinski definition) is 2. The smallest absolute Gasteiger partial charge is 0.191 e. The van der Waals surface area contributed by atoms with Crippen molar-refractivity contribution >= 4 is 17.0 Å². The molecular weight excluding hydrogens is 326 g/mol. The van der Waals surface area contributed by atoms with Gasteiger partial charge in [0.2, 0.25) is 0 Å². The number of aromatic nitrogens is 2. The summed E-state index contributed by atoms with van der Waals surface area (Å²) in [5.41, 5.74) is 3.28. The molecular formula is C20H25N5O. The molecule has 0 spiro atoms. The highest BCUT2D eigenvalue weighted by atomic mass is 16.5. The summed E-state index contributed by atoms with van der Waals surface area (Å²) in [4.78, 5) is 8.89. The SMILES string of the molecule is CN=C(NCCn1c(C)nc2ccccc21)NCc1ccccc1OC. The van der Waals surface area contributed by atoms with Crippen LogP contribution in [-0.4, -0.2) is 36.2 Å². The lowest BCUT2D eigenvalue weighted by Crippen LogP contribution is -2.38. The molecule has 0 bridgehead atoms. The van der Waals surface area contributed by atoms with Crippen molar-refractivity contribution in [3.63, 3.8) is 0 Å². The van der Waals surface area contributed by atoms with E-state index in [9.17, 15) is 0 Å². The lowest BCUT2D eigenvalue weighted by atomic mass is 10.2. The Bertz CT molecular complexity index is 900. The zero-order valence-electron chi connectivity index (χ0n) is 15.5. The second-order valence-corrected chi connectivity index (χ2v) is 5.96. The fraction of sp³-hybridized carbons (Fsp3) is 0.300. The number of aliphatic imine (C=N–C) groups is 1. The number of aryl methyl sites for hydroxylation is 1. The number of guanidine groups is 1. The highest BCUT2D eigenvalue weighted by Crippen LogP contribution is 2.17. The second-order valence-electron chi connectivity index (χ2n) is 5.96. The normalized spacial score (nSPS) is 11.6.